The first-order chi connectivity index (χ1) is 9.27. The molecule has 0 aliphatic carbocycles. The molecule has 1 fully saturated rings. The first-order valence-electron chi connectivity index (χ1n) is 6.72. The summed E-state index contributed by atoms with van der Waals surface area (Å²) in [5.74, 6) is 0.610. The van der Waals surface area contributed by atoms with Gasteiger partial charge in [-0.15, -0.1) is 0 Å². The Morgan fingerprint density at radius 2 is 2.26 bits per heavy atom. The number of rotatable bonds is 2. The number of pyridine rings is 1. The predicted octanol–water partition coefficient (Wildman–Crippen LogP) is 3.09. The van der Waals surface area contributed by atoms with Crippen LogP contribution in [-0.2, 0) is 4.74 Å². The number of Topliss-reactive ketones (excluding diaryl/α,β-unsaturated/α-hetero) is 1. The first kappa shape index (κ1) is 12.3. The molecule has 19 heavy (non-hydrogen) atoms. The van der Waals surface area contributed by atoms with Crippen molar-refractivity contribution in [2.24, 2.45) is 11.8 Å². The Balaban J connectivity index is 2.01. The molecule has 98 valence electrons. The zero-order chi connectivity index (χ0) is 13.2. The minimum Gasteiger partial charge on any atom is -0.381 e. The quantitative estimate of drug-likeness (QED) is 0.774. The van der Waals surface area contributed by atoms with Crippen LogP contribution in [0.3, 0.4) is 0 Å². The molecule has 1 aromatic heterocycles. The monoisotopic (exact) mass is 255 g/mol. The van der Waals surface area contributed by atoms with Crippen LogP contribution in [0.2, 0.25) is 0 Å². The summed E-state index contributed by atoms with van der Waals surface area (Å²) in [7, 11) is 0. The lowest BCUT2D eigenvalue weighted by Crippen LogP contribution is -2.31. The molecule has 2 heterocycles. The van der Waals surface area contributed by atoms with Crippen LogP contribution in [0.25, 0.3) is 10.8 Å². The molecule has 1 saturated heterocycles. The van der Waals surface area contributed by atoms with E-state index in [0.717, 1.165) is 22.8 Å². The number of carbonyl (C=O) groups excluding carboxylic acids is 1. The van der Waals surface area contributed by atoms with Gasteiger partial charge in [-0.2, -0.15) is 0 Å². The SMILES string of the molecule is CC1COCCC1C(=O)c1cccc2cnccc12. The summed E-state index contributed by atoms with van der Waals surface area (Å²) in [6.45, 7) is 3.46. The first-order valence-corrected chi connectivity index (χ1v) is 6.72. The zero-order valence-corrected chi connectivity index (χ0v) is 11.0. The standard InChI is InChI=1S/C16H17NO2/c1-11-10-19-8-6-13(11)16(18)15-4-2-3-12-9-17-7-5-14(12)15/h2-5,7,9,11,13H,6,8,10H2,1H3. The maximum atomic E-state index is 12.7. The molecule has 3 nitrogen and oxygen atoms in total. The predicted molar refractivity (Wildman–Crippen MR) is 74.2 cm³/mol. The van der Waals surface area contributed by atoms with Gasteiger partial charge in [0.15, 0.2) is 5.78 Å². The van der Waals surface area contributed by atoms with E-state index in [2.05, 4.69) is 11.9 Å². The second-order valence-electron chi connectivity index (χ2n) is 5.21. The Kier molecular flexibility index (Phi) is 3.30. The number of ether oxygens (including phenoxy) is 1. The minimum absolute atomic E-state index is 0.0764. The molecule has 2 unspecified atom stereocenters. The Bertz CT molecular complexity index is 603. The van der Waals surface area contributed by atoms with Gasteiger partial charge in [0.25, 0.3) is 0 Å². The fourth-order valence-corrected chi connectivity index (χ4v) is 2.81. The third-order valence-electron chi connectivity index (χ3n) is 3.92. The summed E-state index contributed by atoms with van der Waals surface area (Å²) in [4.78, 5) is 16.9. The molecule has 0 saturated carbocycles. The van der Waals surface area contributed by atoms with Crippen molar-refractivity contribution in [2.45, 2.75) is 13.3 Å². The fraction of sp³-hybridized carbons (Fsp3) is 0.375. The van der Waals surface area contributed by atoms with Gasteiger partial charge in [-0.05, 0) is 23.8 Å². The van der Waals surface area contributed by atoms with Crippen molar-refractivity contribution >= 4 is 16.6 Å². The topological polar surface area (TPSA) is 39.2 Å². The lowest BCUT2D eigenvalue weighted by Gasteiger charge is -2.28. The van der Waals surface area contributed by atoms with E-state index < -0.39 is 0 Å². The summed E-state index contributed by atoms with van der Waals surface area (Å²) in [6, 6.07) is 7.77. The van der Waals surface area contributed by atoms with Crippen LogP contribution in [0.5, 0.6) is 0 Å². The van der Waals surface area contributed by atoms with Crippen LogP contribution >= 0.6 is 0 Å². The lowest BCUT2D eigenvalue weighted by atomic mass is 9.82. The van der Waals surface area contributed by atoms with Gasteiger partial charge >= 0.3 is 0 Å². The number of aromatic nitrogens is 1. The molecule has 3 rings (SSSR count). The molecule has 1 aliphatic heterocycles. The largest absolute Gasteiger partial charge is 0.381 e. The highest BCUT2D eigenvalue weighted by molar-refractivity contribution is 6.09. The molecule has 0 spiro atoms. The van der Waals surface area contributed by atoms with E-state index in [1.54, 1.807) is 12.4 Å². The number of nitrogens with zero attached hydrogens (tertiary/aromatic N) is 1. The van der Waals surface area contributed by atoms with Crippen LogP contribution in [-0.4, -0.2) is 24.0 Å². The van der Waals surface area contributed by atoms with E-state index >= 15 is 0 Å². The lowest BCUT2D eigenvalue weighted by molar-refractivity contribution is 0.0242. The normalized spacial score (nSPS) is 23.4. The number of ketones is 1. The van der Waals surface area contributed by atoms with Crippen LogP contribution in [0.15, 0.2) is 36.7 Å². The van der Waals surface area contributed by atoms with E-state index in [1.165, 1.54) is 0 Å². The van der Waals surface area contributed by atoms with Crippen molar-refractivity contribution in [1.82, 2.24) is 4.98 Å². The van der Waals surface area contributed by atoms with Crippen molar-refractivity contribution in [3.63, 3.8) is 0 Å². The summed E-state index contributed by atoms with van der Waals surface area (Å²) in [5.41, 5.74) is 0.818. The molecule has 0 N–H and O–H groups in total. The Labute approximate surface area is 112 Å². The van der Waals surface area contributed by atoms with E-state index in [1.807, 2.05) is 24.3 Å². The van der Waals surface area contributed by atoms with Crippen molar-refractivity contribution in [1.29, 1.82) is 0 Å². The number of carbonyl (C=O) groups is 1. The highest BCUT2D eigenvalue weighted by Crippen LogP contribution is 2.28. The highest BCUT2D eigenvalue weighted by Gasteiger charge is 2.29. The average molecular weight is 255 g/mol. The van der Waals surface area contributed by atoms with Crippen LogP contribution in [0, 0.1) is 11.8 Å². The summed E-state index contributed by atoms with van der Waals surface area (Å²) in [5, 5.41) is 2.02. The minimum atomic E-state index is 0.0764. The molecule has 3 heteroatoms. The Morgan fingerprint density at radius 3 is 3.11 bits per heavy atom. The third-order valence-corrected chi connectivity index (χ3v) is 3.92. The molecule has 0 bridgehead atoms. The van der Waals surface area contributed by atoms with Crippen molar-refractivity contribution in [3.8, 4) is 0 Å². The number of benzene rings is 1. The third kappa shape index (κ3) is 2.26. The zero-order valence-electron chi connectivity index (χ0n) is 11.0. The van der Waals surface area contributed by atoms with Gasteiger partial charge in [0.2, 0.25) is 0 Å². The van der Waals surface area contributed by atoms with Crippen molar-refractivity contribution < 1.29 is 9.53 Å². The molecular weight excluding hydrogens is 238 g/mol. The highest BCUT2D eigenvalue weighted by atomic mass is 16.5. The Morgan fingerprint density at radius 1 is 1.37 bits per heavy atom. The number of fused-ring (bicyclic) bond motifs is 1. The van der Waals surface area contributed by atoms with Crippen LogP contribution < -0.4 is 0 Å². The van der Waals surface area contributed by atoms with Gasteiger partial charge in [0, 0.05) is 42.5 Å². The van der Waals surface area contributed by atoms with Gasteiger partial charge in [0.1, 0.15) is 0 Å². The van der Waals surface area contributed by atoms with Gasteiger partial charge in [0.05, 0.1) is 0 Å². The Hall–Kier alpha value is -1.74. The molecule has 1 aromatic carbocycles. The second kappa shape index (κ2) is 5.10. The molecular formula is C16H17NO2. The summed E-state index contributed by atoms with van der Waals surface area (Å²) < 4.78 is 5.42. The summed E-state index contributed by atoms with van der Waals surface area (Å²) >= 11 is 0. The van der Waals surface area contributed by atoms with E-state index in [-0.39, 0.29) is 11.7 Å². The van der Waals surface area contributed by atoms with Crippen molar-refractivity contribution in [3.05, 3.63) is 42.2 Å². The van der Waals surface area contributed by atoms with Gasteiger partial charge in [-0.3, -0.25) is 9.78 Å². The van der Waals surface area contributed by atoms with Gasteiger partial charge in [-0.25, -0.2) is 0 Å². The van der Waals surface area contributed by atoms with E-state index in [0.29, 0.717) is 19.1 Å². The summed E-state index contributed by atoms with van der Waals surface area (Å²) in [6.07, 6.45) is 4.37. The van der Waals surface area contributed by atoms with Gasteiger partial charge < -0.3 is 4.74 Å². The van der Waals surface area contributed by atoms with Gasteiger partial charge in [-0.1, -0.05) is 25.1 Å². The molecule has 0 amide bonds. The maximum absolute atomic E-state index is 12.7. The molecule has 1 aliphatic rings. The van der Waals surface area contributed by atoms with Crippen LogP contribution in [0.4, 0.5) is 0 Å². The number of hydrogen-bond donors (Lipinski definition) is 0. The second-order valence-corrected chi connectivity index (χ2v) is 5.21. The average Bonchev–Trinajstić information content (AvgIpc) is 2.46. The number of hydrogen-bond acceptors (Lipinski definition) is 3. The fourth-order valence-electron chi connectivity index (χ4n) is 2.81. The maximum Gasteiger partial charge on any atom is 0.167 e. The molecule has 2 atom stereocenters. The molecule has 2 aromatic rings. The van der Waals surface area contributed by atoms with Crippen molar-refractivity contribution in [2.75, 3.05) is 13.2 Å². The molecule has 0 radical (unpaired) electrons. The van der Waals surface area contributed by atoms with E-state index in [9.17, 15) is 4.79 Å². The van der Waals surface area contributed by atoms with Crippen LogP contribution in [0.1, 0.15) is 23.7 Å². The van der Waals surface area contributed by atoms with E-state index in [4.69, 9.17) is 4.74 Å². The smallest absolute Gasteiger partial charge is 0.167 e.